The molecule has 3 aliphatic rings. The number of aliphatic hydroxyl groups excluding tert-OH is 1. The minimum absolute atomic E-state index is 0.0107. The van der Waals surface area contributed by atoms with E-state index in [-0.39, 0.29) is 36.3 Å². The lowest BCUT2D eigenvalue weighted by molar-refractivity contribution is -0.126. The molecular weight excluding hydrogens is 554 g/mol. The molecule has 10 heteroatoms. The van der Waals surface area contributed by atoms with Gasteiger partial charge < -0.3 is 25.2 Å². The third-order valence-corrected chi connectivity index (χ3v) is 10.5. The van der Waals surface area contributed by atoms with Crippen LogP contribution in [0.3, 0.4) is 0 Å². The zero-order valence-corrected chi connectivity index (χ0v) is 25.9. The number of rotatable bonds is 9. The summed E-state index contributed by atoms with van der Waals surface area (Å²) in [6.45, 7) is 2.72. The third kappa shape index (κ3) is 8.32. The molecule has 1 unspecified atom stereocenters. The van der Waals surface area contributed by atoms with Crippen molar-refractivity contribution in [2.24, 2.45) is 5.92 Å². The number of carbonyl (C=O) groups is 1. The highest BCUT2D eigenvalue weighted by atomic mass is 32.2. The number of amides is 1. The monoisotopic (exact) mass is 601 g/mol. The summed E-state index contributed by atoms with van der Waals surface area (Å²) in [5, 5.41) is 18.1. The van der Waals surface area contributed by atoms with E-state index in [9.17, 15) is 18.3 Å². The zero-order valence-electron chi connectivity index (χ0n) is 25.1. The van der Waals surface area contributed by atoms with Crippen LogP contribution in [0.15, 0.2) is 66.0 Å². The van der Waals surface area contributed by atoms with Crippen LogP contribution in [0.1, 0.15) is 51.0 Å². The summed E-state index contributed by atoms with van der Waals surface area (Å²) in [5.74, 6) is 0.445. The van der Waals surface area contributed by atoms with Crippen molar-refractivity contribution in [2.45, 2.75) is 82.2 Å². The molecule has 3 N–H and O–H groups in total. The van der Waals surface area contributed by atoms with E-state index in [1.54, 1.807) is 7.11 Å². The highest BCUT2D eigenvalue weighted by molar-refractivity contribution is 7.89. The largest absolute Gasteiger partial charge is 0.497 e. The molecule has 1 fully saturated rings. The van der Waals surface area contributed by atoms with Crippen molar-refractivity contribution in [3.8, 4) is 0 Å². The fourth-order valence-electron chi connectivity index (χ4n) is 5.96. The van der Waals surface area contributed by atoms with Crippen molar-refractivity contribution in [3.05, 3.63) is 71.5 Å². The van der Waals surface area contributed by atoms with Gasteiger partial charge in [0.1, 0.15) is 11.8 Å². The maximum absolute atomic E-state index is 13.8. The zero-order chi connectivity index (χ0) is 30.1. The van der Waals surface area contributed by atoms with Gasteiger partial charge in [-0.15, -0.1) is 0 Å². The van der Waals surface area contributed by atoms with Crippen LogP contribution in [0.5, 0.6) is 0 Å². The second-order valence-electron chi connectivity index (χ2n) is 11.5. The van der Waals surface area contributed by atoms with Gasteiger partial charge >= 0.3 is 0 Å². The summed E-state index contributed by atoms with van der Waals surface area (Å²) in [6.07, 6.45) is 11.4. The highest BCUT2D eigenvalue weighted by Gasteiger charge is 2.39. The van der Waals surface area contributed by atoms with E-state index in [1.807, 2.05) is 49.4 Å². The third-order valence-electron chi connectivity index (χ3n) is 8.52. The van der Waals surface area contributed by atoms with E-state index < -0.39 is 28.2 Å². The predicted octanol–water partition coefficient (Wildman–Crippen LogP) is 3.08. The van der Waals surface area contributed by atoms with Gasteiger partial charge in [0.2, 0.25) is 15.9 Å². The first-order valence-corrected chi connectivity index (χ1v) is 16.8. The molecule has 42 heavy (non-hydrogen) atoms. The first-order valence-electron chi connectivity index (χ1n) is 15.2. The van der Waals surface area contributed by atoms with Crippen LogP contribution in [0.25, 0.3) is 0 Å². The molecule has 6 atom stereocenters. The van der Waals surface area contributed by atoms with Crippen molar-refractivity contribution >= 4 is 15.9 Å². The summed E-state index contributed by atoms with van der Waals surface area (Å²) >= 11 is 0. The number of benzene rings is 1. The Labute approximate surface area is 251 Å². The van der Waals surface area contributed by atoms with Crippen molar-refractivity contribution in [3.63, 3.8) is 0 Å². The maximum atomic E-state index is 13.8. The molecule has 1 aromatic rings. The summed E-state index contributed by atoms with van der Waals surface area (Å²) in [6, 6.07) is 8.09. The molecule has 0 saturated carbocycles. The molecule has 0 spiro atoms. The summed E-state index contributed by atoms with van der Waals surface area (Å²) < 4.78 is 39.4. The molecule has 1 saturated heterocycles. The van der Waals surface area contributed by atoms with Gasteiger partial charge in [0.15, 0.2) is 0 Å². The van der Waals surface area contributed by atoms with Gasteiger partial charge in [0.25, 0.3) is 0 Å². The number of fused-ring (bicyclic) bond motifs is 3. The number of allylic oxidation sites excluding steroid dienone is 2. The molecular formula is C32H47N3O6S. The lowest BCUT2D eigenvalue weighted by atomic mass is 9.91. The molecule has 232 valence electrons. The van der Waals surface area contributed by atoms with Crippen LogP contribution in [0, 0.1) is 5.92 Å². The average Bonchev–Trinajstić information content (AvgIpc) is 3.33. The highest BCUT2D eigenvalue weighted by Crippen LogP contribution is 2.35. The smallest absolute Gasteiger partial charge is 0.238 e. The first-order chi connectivity index (χ1) is 20.2. The maximum Gasteiger partial charge on any atom is 0.238 e. The summed E-state index contributed by atoms with van der Waals surface area (Å²) in [7, 11) is -0.477. The van der Waals surface area contributed by atoms with Crippen LogP contribution >= 0.6 is 0 Å². The van der Waals surface area contributed by atoms with Crippen molar-refractivity contribution in [1.82, 2.24) is 14.9 Å². The molecule has 1 aliphatic heterocycles. The Bertz CT molecular complexity index is 1230. The number of ether oxygens (including phenoxy) is 2. The Morgan fingerprint density at radius 3 is 2.64 bits per heavy atom. The molecule has 9 nitrogen and oxygen atoms in total. The Balaban J connectivity index is 1.57. The molecule has 1 aromatic carbocycles. The Morgan fingerprint density at radius 1 is 1.12 bits per heavy atom. The van der Waals surface area contributed by atoms with Crippen LogP contribution < -0.4 is 10.6 Å². The number of β-amino-alcohol motifs (C(OH)–C–C–N with tert-alkyl or cyclic N) is 1. The van der Waals surface area contributed by atoms with E-state index in [2.05, 4.69) is 22.8 Å². The number of unbranched alkanes of at least 4 members (excludes halogenated alkanes) is 2. The topological polar surface area (TPSA) is 117 Å². The number of aliphatic hydroxyl groups is 1. The van der Waals surface area contributed by atoms with Crippen LogP contribution in [0.2, 0.25) is 0 Å². The van der Waals surface area contributed by atoms with Gasteiger partial charge in [-0.3, -0.25) is 4.79 Å². The Morgan fingerprint density at radius 2 is 1.90 bits per heavy atom. The average molecular weight is 602 g/mol. The number of sulfonamides is 1. The second-order valence-corrected chi connectivity index (χ2v) is 13.6. The number of nitrogens with zero attached hydrogens (tertiary/aromatic N) is 1. The van der Waals surface area contributed by atoms with Crippen molar-refractivity contribution < 1.29 is 27.8 Å². The van der Waals surface area contributed by atoms with E-state index in [1.165, 1.54) is 11.4 Å². The SMILES string of the molecule is CCCCCS(=O)(=O)N(C)[C@H]1CCCCO[C@@H]2C=C3C=CC(OC)=CC3[C@H]2NC[C@@H](O)[C@H](Cc2ccccc2)NC1=O. The number of methoxy groups -OCH3 is 1. The first kappa shape index (κ1) is 32.4. The fourth-order valence-corrected chi connectivity index (χ4v) is 7.41. The van der Waals surface area contributed by atoms with Gasteiger partial charge in [-0.05, 0) is 55.4 Å². The van der Waals surface area contributed by atoms with Crippen molar-refractivity contribution in [2.75, 3.05) is 33.1 Å². The van der Waals surface area contributed by atoms with E-state index in [0.29, 0.717) is 38.7 Å². The predicted molar refractivity (Wildman–Crippen MR) is 164 cm³/mol. The van der Waals surface area contributed by atoms with E-state index in [4.69, 9.17) is 9.47 Å². The minimum atomic E-state index is -3.63. The summed E-state index contributed by atoms with van der Waals surface area (Å²) in [4.78, 5) is 13.8. The van der Waals surface area contributed by atoms with Gasteiger partial charge in [-0.2, -0.15) is 4.31 Å². The molecule has 0 aromatic heterocycles. The molecule has 1 heterocycles. The minimum Gasteiger partial charge on any atom is -0.497 e. The van der Waals surface area contributed by atoms with E-state index >= 15 is 0 Å². The lowest BCUT2D eigenvalue weighted by Crippen LogP contribution is -2.56. The van der Waals surface area contributed by atoms with Crippen LogP contribution in [-0.4, -0.2) is 87.1 Å². The normalized spacial score (nSPS) is 29.1. The molecule has 0 radical (unpaired) electrons. The number of hydrogen-bond donors (Lipinski definition) is 3. The number of likely N-dealkylation sites (N-methyl/N-ethyl adjacent to an activating group) is 1. The second kappa shape index (κ2) is 15.3. The Kier molecular flexibility index (Phi) is 11.8. The quantitative estimate of drug-likeness (QED) is 0.373. The van der Waals surface area contributed by atoms with Gasteiger partial charge in [0, 0.05) is 32.2 Å². The number of carbonyl (C=O) groups excluding carboxylic acids is 1. The molecule has 4 rings (SSSR count). The van der Waals surface area contributed by atoms with Crippen LogP contribution in [0.4, 0.5) is 0 Å². The van der Waals surface area contributed by atoms with E-state index in [0.717, 1.165) is 29.7 Å². The summed E-state index contributed by atoms with van der Waals surface area (Å²) in [5.41, 5.74) is 2.11. The van der Waals surface area contributed by atoms with Gasteiger partial charge in [-0.25, -0.2) is 8.42 Å². The number of hydrogen-bond acceptors (Lipinski definition) is 7. The molecule has 0 bridgehead atoms. The standard InChI is InChI=1S/C32H47N3O6S/c1-4-5-11-18-42(38,39)35(2)28-14-9-10-17-41-30-20-24-15-16-25(40-3)21-26(24)31(30)33-22-29(36)27(34-32(28)37)19-23-12-7-6-8-13-23/h6-8,12-13,15-16,20-21,26-31,33,36H,4-5,9-11,14,17-19,22H2,1-3H3,(H,34,37)/t26?,27-,28-,29+,30+,31+/m0/s1. The molecule has 1 amide bonds. The fraction of sp³-hybridized carbons (Fsp3) is 0.594. The molecule has 2 aliphatic carbocycles. The van der Waals surface area contributed by atoms with Crippen molar-refractivity contribution in [1.29, 1.82) is 0 Å². The van der Waals surface area contributed by atoms with Gasteiger partial charge in [-0.1, -0.05) is 62.2 Å². The number of nitrogens with one attached hydrogen (secondary N) is 2. The van der Waals surface area contributed by atoms with Gasteiger partial charge in [0.05, 0.1) is 31.1 Å². The van der Waals surface area contributed by atoms with Crippen LogP contribution in [-0.2, 0) is 30.7 Å². The lowest BCUT2D eigenvalue weighted by Gasteiger charge is -2.33. The Hall–Kier alpha value is -2.50.